The third-order valence-electron chi connectivity index (χ3n) is 13.4. The summed E-state index contributed by atoms with van der Waals surface area (Å²) in [5.41, 5.74) is 11.5. The molecule has 0 radical (unpaired) electrons. The number of piperidine rings is 3. The van der Waals surface area contributed by atoms with Crippen molar-refractivity contribution in [1.29, 1.82) is 0 Å². The van der Waals surface area contributed by atoms with Crippen LogP contribution in [0.25, 0.3) is 22.4 Å². The van der Waals surface area contributed by atoms with Crippen LogP contribution >= 0.6 is 0 Å². The number of nitrogens with zero attached hydrogens (tertiary/aromatic N) is 9. The first-order chi connectivity index (χ1) is 33.5. The zero-order valence-corrected chi connectivity index (χ0v) is 37.7. The first kappa shape index (κ1) is 45.5. The number of nitrogens with one attached hydrogen (secondary N) is 2. The molecule has 4 aliphatic heterocycles. The van der Waals surface area contributed by atoms with Gasteiger partial charge in [-0.3, -0.25) is 39.4 Å². The second-order valence-electron chi connectivity index (χ2n) is 17.9. The van der Waals surface area contributed by atoms with Crippen molar-refractivity contribution in [2.45, 2.75) is 62.7 Å². The van der Waals surface area contributed by atoms with Crippen LogP contribution in [0.3, 0.4) is 0 Å². The molecule has 18 nitrogen and oxygen atoms in total. The first-order valence-corrected chi connectivity index (χ1v) is 23.1. The Morgan fingerprint density at radius 3 is 2.52 bits per heavy atom. The van der Waals surface area contributed by atoms with Gasteiger partial charge >= 0.3 is 0 Å². The van der Waals surface area contributed by atoms with Gasteiger partial charge in [0.1, 0.15) is 30.2 Å². The molecule has 10 rings (SSSR count). The van der Waals surface area contributed by atoms with Crippen molar-refractivity contribution in [2.24, 2.45) is 5.73 Å². The lowest BCUT2D eigenvalue weighted by molar-refractivity contribution is -0.136. The number of pyridine rings is 2. The van der Waals surface area contributed by atoms with Gasteiger partial charge in [0.05, 0.1) is 66.0 Å². The van der Waals surface area contributed by atoms with Crippen LogP contribution < -0.4 is 26.0 Å². The van der Waals surface area contributed by atoms with Gasteiger partial charge in [-0.2, -0.15) is 0 Å². The van der Waals surface area contributed by atoms with E-state index in [2.05, 4.69) is 35.4 Å². The molecule has 3 saturated heterocycles. The van der Waals surface area contributed by atoms with E-state index in [1.54, 1.807) is 24.8 Å². The zero-order chi connectivity index (χ0) is 47.6. The van der Waals surface area contributed by atoms with Crippen LogP contribution in [0.1, 0.15) is 70.5 Å². The van der Waals surface area contributed by atoms with Gasteiger partial charge in [-0.1, -0.05) is 6.07 Å². The Kier molecular flexibility index (Phi) is 12.8. The molecule has 0 spiro atoms. The van der Waals surface area contributed by atoms with Crippen LogP contribution in [-0.4, -0.2) is 128 Å². The summed E-state index contributed by atoms with van der Waals surface area (Å²) in [5.74, 6) is -3.07. The lowest BCUT2D eigenvalue weighted by atomic mass is 9.86. The summed E-state index contributed by atoms with van der Waals surface area (Å²) in [5, 5.41) is 5.81. The van der Waals surface area contributed by atoms with Crippen molar-refractivity contribution in [2.75, 3.05) is 62.8 Å². The summed E-state index contributed by atoms with van der Waals surface area (Å²) >= 11 is 0. The van der Waals surface area contributed by atoms with Crippen molar-refractivity contribution >= 4 is 46.3 Å². The van der Waals surface area contributed by atoms with E-state index in [-0.39, 0.29) is 36.6 Å². The molecule has 69 heavy (non-hydrogen) atoms. The number of ether oxygens (including phenoxy) is 2. The zero-order valence-electron chi connectivity index (χ0n) is 37.7. The third kappa shape index (κ3) is 9.46. The molecule has 4 amide bonds. The molecule has 356 valence electrons. The van der Waals surface area contributed by atoms with E-state index in [0.717, 1.165) is 85.8 Å². The molecule has 0 saturated carbocycles. The van der Waals surface area contributed by atoms with Gasteiger partial charge in [-0.15, -0.1) is 0 Å². The van der Waals surface area contributed by atoms with Gasteiger partial charge in [-0.25, -0.2) is 23.7 Å². The number of rotatable bonds is 15. The SMILES string of the molecule is N[C@]1(c2ccccn2)CCCN(c2cnc(-c3ccc(F)c(F)c3)cc2Cn2cnc3c(NC4CCN(CCOCCOc5ccc6c(c5)C(=O)N(C5CCC(=O)NC5=O)C6=O)CC4)ncnc32)C1. The monoisotopic (exact) mass is 940 g/mol. The highest BCUT2D eigenvalue weighted by Gasteiger charge is 2.45. The molecule has 2 atom stereocenters. The average Bonchev–Trinajstić information content (AvgIpc) is 3.88. The summed E-state index contributed by atoms with van der Waals surface area (Å²) in [6, 6.07) is 15.2. The summed E-state index contributed by atoms with van der Waals surface area (Å²) in [7, 11) is 0. The maximum Gasteiger partial charge on any atom is 0.262 e. The van der Waals surface area contributed by atoms with Crippen molar-refractivity contribution in [1.82, 2.24) is 44.6 Å². The number of anilines is 2. The molecule has 2 aromatic carbocycles. The van der Waals surface area contributed by atoms with Gasteiger partial charge in [0.25, 0.3) is 11.8 Å². The van der Waals surface area contributed by atoms with Crippen LogP contribution in [0.4, 0.5) is 20.3 Å². The highest BCUT2D eigenvalue weighted by molar-refractivity contribution is 6.23. The Balaban J connectivity index is 0.731. The van der Waals surface area contributed by atoms with E-state index >= 15 is 0 Å². The summed E-state index contributed by atoms with van der Waals surface area (Å²) in [6.07, 6.45) is 10.3. The summed E-state index contributed by atoms with van der Waals surface area (Å²) in [6.45, 7) is 5.10. The molecule has 1 unspecified atom stereocenters. The predicted molar refractivity (Wildman–Crippen MR) is 248 cm³/mol. The van der Waals surface area contributed by atoms with Gasteiger partial charge in [0.15, 0.2) is 23.1 Å². The second-order valence-corrected chi connectivity index (χ2v) is 17.9. The van der Waals surface area contributed by atoms with Crippen LogP contribution in [0.2, 0.25) is 0 Å². The fourth-order valence-corrected chi connectivity index (χ4v) is 9.70. The fourth-order valence-electron chi connectivity index (χ4n) is 9.70. The number of carbonyl (C=O) groups excluding carboxylic acids is 4. The van der Waals surface area contributed by atoms with Crippen molar-refractivity contribution < 1.29 is 37.4 Å². The lowest BCUT2D eigenvalue weighted by Crippen LogP contribution is -2.54. The van der Waals surface area contributed by atoms with E-state index in [4.69, 9.17) is 25.2 Å². The smallest absolute Gasteiger partial charge is 0.262 e. The largest absolute Gasteiger partial charge is 0.491 e. The molecule has 20 heteroatoms. The van der Waals surface area contributed by atoms with Crippen molar-refractivity contribution in [3.63, 3.8) is 0 Å². The molecule has 3 fully saturated rings. The number of nitrogens with two attached hydrogens (primary N) is 1. The van der Waals surface area contributed by atoms with E-state index < -0.39 is 46.8 Å². The number of imidazole rings is 1. The molecule has 4 N–H and O–H groups in total. The first-order valence-electron chi connectivity index (χ1n) is 23.1. The average molecular weight is 941 g/mol. The number of imide groups is 2. The molecule has 0 bridgehead atoms. The number of fused-ring (bicyclic) bond motifs is 2. The standard InChI is InChI=1S/C49H50F2N12O6/c50-36-8-5-30(22-37(36)51)38-23-31(40(25-54-38)61-15-3-13-49(52,27-61)41-4-1-2-14-53-41)26-62-29-57-43-44(55-28-56-45(43)62)58-32-11-16-60(17-12-32)18-19-68-20-21-69-33-6-7-34-35(24-33)48(67)63(47(34)66)39-9-10-42(64)59-46(39)65/h1-2,4-8,14,22-25,28-29,32,39H,3,9-13,15-21,26-27,52H2,(H,55,56,58)(H,59,64,65)/t39?,49-/m1/s1. The maximum atomic E-state index is 14.4. The normalized spacial score (nSPS) is 20.1. The van der Waals surface area contributed by atoms with Gasteiger partial charge < -0.3 is 34.9 Å². The van der Waals surface area contributed by atoms with Crippen molar-refractivity contribution in [3.05, 3.63) is 120 Å². The molecule has 4 aromatic heterocycles. The van der Waals surface area contributed by atoms with E-state index in [1.165, 1.54) is 24.5 Å². The third-order valence-corrected chi connectivity index (χ3v) is 13.4. The van der Waals surface area contributed by atoms with Crippen LogP contribution in [0.5, 0.6) is 5.75 Å². The highest BCUT2D eigenvalue weighted by atomic mass is 19.2. The molecule has 6 aromatic rings. The topological polar surface area (TPSA) is 216 Å². The van der Waals surface area contributed by atoms with Crippen LogP contribution in [-0.2, 0) is 26.4 Å². The molecule has 4 aliphatic rings. The molecule has 8 heterocycles. The lowest BCUT2D eigenvalue weighted by Gasteiger charge is -2.41. The van der Waals surface area contributed by atoms with Gasteiger partial charge in [0.2, 0.25) is 11.8 Å². The van der Waals surface area contributed by atoms with Gasteiger partial charge in [0, 0.05) is 56.9 Å². The predicted octanol–water partition coefficient (Wildman–Crippen LogP) is 4.44. The second kappa shape index (κ2) is 19.4. The Bertz CT molecular complexity index is 2930. The van der Waals surface area contributed by atoms with E-state index in [0.29, 0.717) is 60.3 Å². The number of carbonyl (C=O) groups is 4. The number of hydrogen-bond donors (Lipinski definition) is 3. The number of likely N-dealkylation sites (tertiary alicyclic amines) is 1. The number of benzene rings is 2. The Hall–Kier alpha value is -7.29. The minimum atomic E-state index is -1.03. The quantitative estimate of drug-likeness (QED) is 0.0959. The minimum absolute atomic E-state index is 0.0512. The van der Waals surface area contributed by atoms with E-state index in [9.17, 15) is 28.0 Å². The van der Waals surface area contributed by atoms with E-state index in [1.807, 2.05) is 28.8 Å². The molecular formula is C49H50F2N12O6. The maximum absolute atomic E-state index is 14.4. The molecular weight excluding hydrogens is 891 g/mol. The Labute approximate surface area is 395 Å². The number of aromatic nitrogens is 6. The van der Waals surface area contributed by atoms with Gasteiger partial charge in [-0.05, 0) is 92.3 Å². The Morgan fingerprint density at radius 1 is 0.855 bits per heavy atom. The highest BCUT2D eigenvalue weighted by Crippen LogP contribution is 2.35. The Morgan fingerprint density at radius 2 is 1.71 bits per heavy atom. The van der Waals surface area contributed by atoms with Crippen LogP contribution in [0, 0.1) is 11.6 Å². The minimum Gasteiger partial charge on any atom is -0.491 e. The summed E-state index contributed by atoms with van der Waals surface area (Å²) in [4.78, 5) is 78.9. The number of hydrogen-bond acceptors (Lipinski definition) is 15. The summed E-state index contributed by atoms with van der Waals surface area (Å²) < 4.78 is 42.0. The molecule has 0 aliphatic carbocycles. The van der Waals surface area contributed by atoms with Crippen LogP contribution in [0.15, 0.2) is 85.7 Å². The fraction of sp³-hybridized carbons (Fsp3) is 0.367. The number of halogens is 2. The van der Waals surface area contributed by atoms with Crippen molar-refractivity contribution in [3.8, 4) is 17.0 Å². The number of amides is 4.